The minimum atomic E-state index is -0.0896. The van der Waals surface area contributed by atoms with E-state index < -0.39 is 0 Å². The molecule has 0 saturated carbocycles. The number of likely N-dealkylation sites (tertiary alicyclic amines) is 1. The zero-order valence-corrected chi connectivity index (χ0v) is 14.3. The molecule has 1 atom stereocenters. The highest BCUT2D eigenvalue weighted by Crippen LogP contribution is 2.33. The fraction of sp³-hybridized carbons (Fsp3) is 0.278. The minimum absolute atomic E-state index is 0.0277. The number of nitrogens with zero attached hydrogens (tertiary/aromatic N) is 5. The Hall–Kier alpha value is -3.29. The van der Waals surface area contributed by atoms with Crippen LogP contribution in [0, 0.1) is 6.92 Å². The molecule has 8 nitrogen and oxygen atoms in total. The topological polar surface area (TPSA) is 111 Å². The van der Waals surface area contributed by atoms with Crippen LogP contribution in [0.5, 0.6) is 0 Å². The SMILES string of the molecule is Cc1nonc1C1CCCN1C(=O)c1ccc(-c2cncc(N)n2)cc1. The summed E-state index contributed by atoms with van der Waals surface area (Å²) < 4.78 is 4.80. The van der Waals surface area contributed by atoms with Crippen molar-refractivity contribution in [1.29, 1.82) is 0 Å². The van der Waals surface area contributed by atoms with Gasteiger partial charge in [-0.05, 0) is 31.9 Å². The number of aryl methyl sites for hydroxylation is 1. The van der Waals surface area contributed by atoms with Crippen LogP contribution in [0.1, 0.15) is 40.6 Å². The first-order valence-corrected chi connectivity index (χ1v) is 8.41. The molecule has 1 aliphatic rings. The van der Waals surface area contributed by atoms with E-state index in [1.54, 1.807) is 18.3 Å². The quantitative estimate of drug-likeness (QED) is 0.772. The van der Waals surface area contributed by atoms with E-state index in [-0.39, 0.29) is 11.9 Å². The van der Waals surface area contributed by atoms with Gasteiger partial charge in [0.1, 0.15) is 17.2 Å². The van der Waals surface area contributed by atoms with Gasteiger partial charge < -0.3 is 10.6 Å². The second-order valence-corrected chi connectivity index (χ2v) is 6.30. The van der Waals surface area contributed by atoms with Gasteiger partial charge in [-0.15, -0.1) is 0 Å². The predicted octanol–water partition coefficient (Wildman–Crippen LogP) is 2.39. The smallest absolute Gasteiger partial charge is 0.254 e. The summed E-state index contributed by atoms with van der Waals surface area (Å²) in [4.78, 5) is 23.1. The van der Waals surface area contributed by atoms with Gasteiger partial charge in [-0.2, -0.15) is 0 Å². The fourth-order valence-corrected chi connectivity index (χ4v) is 3.30. The van der Waals surface area contributed by atoms with Crippen LogP contribution in [0.15, 0.2) is 41.3 Å². The van der Waals surface area contributed by atoms with E-state index >= 15 is 0 Å². The van der Waals surface area contributed by atoms with Crippen molar-refractivity contribution in [2.75, 3.05) is 12.3 Å². The molecule has 1 saturated heterocycles. The molecule has 3 heterocycles. The maximum Gasteiger partial charge on any atom is 0.254 e. The molecule has 0 bridgehead atoms. The number of benzene rings is 1. The largest absolute Gasteiger partial charge is 0.382 e. The Morgan fingerprint density at radius 1 is 1.23 bits per heavy atom. The summed E-state index contributed by atoms with van der Waals surface area (Å²) in [6.07, 6.45) is 4.93. The molecule has 0 aliphatic carbocycles. The van der Waals surface area contributed by atoms with Gasteiger partial charge in [-0.25, -0.2) is 9.61 Å². The lowest BCUT2D eigenvalue weighted by Crippen LogP contribution is -2.31. The number of hydrogen-bond donors (Lipinski definition) is 1. The summed E-state index contributed by atoms with van der Waals surface area (Å²) in [5.74, 6) is 0.333. The first-order valence-electron chi connectivity index (χ1n) is 8.41. The predicted molar refractivity (Wildman–Crippen MR) is 93.9 cm³/mol. The zero-order valence-electron chi connectivity index (χ0n) is 14.3. The average molecular weight is 350 g/mol. The number of aromatic nitrogens is 4. The van der Waals surface area contributed by atoms with E-state index in [4.69, 9.17) is 10.4 Å². The lowest BCUT2D eigenvalue weighted by Gasteiger charge is -2.23. The maximum atomic E-state index is 13.0. The van der Waals surface area contributed by atoms with E-state index in [1.165, 1.54) is 6.20 Å². The molecule has 1 unspecified atom stereocenters. The lowest BCUT2D eigenvalue weighted by atomic mass is 10.1. The first-order chi connectivity index (χ1) is 12.6. The molecule has 2 N–H and O–H groups in total. The molecule has 1 fully saturated rings. The van der Waals surface area contributed by atoms with Crippen LogP contribution in [0.25, 0.3) is 11.3 Å². The van der Waals surface area contributed by atoms with Crippen LogP contribution in [0.2, 0.25) is 0 Å². The highest BCUT2D eigenvalue weighted by molar-refractivity contribution is 5.95. The van der Waals surface area contributed by atoms with Crippen molar-refractivity contribution in [2.24, 2.45) is 0 Å². The van der Waals surface area contributed by atoms with Crippen molar-refractivity contribution < 1.29 is 9.42 Å². The van der Waals surface area contributed by atoms with E-state index in [2.05, 4.69) is 20.3 Å². The van der Waals surface area contributed by atoms with E-state index in [1.807, 2.05) is 24.0 Å². The Labute approximate surface area is 150 Å². The maximum absolute atomic E-state index is 13.0. The molecule has 0 radical (unpaired) electrons. The third-order valence-electron chi connectivity index (χ3n) is 4.60. The van der Waals surface area contributed by atoms with Crippen molar-refractivity contribution >= 4 is 11.7 Å². The Morgan fingerprint density at radius 3 is 2.73 bits per heavy atom. The minimum Gasteiger partial charge on any atom is -0.382 e. The van der Waals surface area contributed by atoms with E-state index in [9.17, 15) is 4.79 Å². The molecule has 3 aromatic rings. The number of nitrogen functional groups attached to an aromatic ring is 1. The van der Waals surface area contributed by atoms with Crippen LogP contribution >= 0.6 is 0 Å². The monoisotopic (exact) mass is 350 g/mol. The third-order valence-corrected chi connectivity index (χ3v) is 4.60. The summed E-state index contributed by atoms with van der Waals surface area (Å²) in [7, 11) is 0. The van der Waals surface area contributed by atoms with Gasteiger partial charge in [0.05, 0.1) is 24.1 Å². The summed E-state index contributed by atoms with van der Waals surface area (Å²) in [5.41, 5.74) is 9.29. The molecule has 132 valence electrons. The summed E-state index contributed by atoms with van der Waals surface area (Å²) in [5, 5.41) is 7.81. The second-order valence-electron chi connectivity index (χ2n) is 6.30. The van der Waals surface area contributed by atoms with Gasteiger partial charge in [0, 0.05) is 17.7 Å². The third kappa shape index (κ3) is 2.90. The molecule has 0 spiro atoms. The van der Waals surface area contributed by atoms with Crippen LogP contribution in [0.3, 0.4) is 0 Å². The number of carbonyl (C=O) groups excluding carboxylic acids is 1. The van der Waals surface area contributed by atoms with Crippen molar-refractivity contribution in [1.82, 2.24) is 25.2 Å². The molecule has 2 aromatic heterocycles. The van der Waals surface area contributed by atoms with Crippen LogP contribution in [-0.2, 0) is 0 Å². The number of hydrogen-bond acceptors (Lipinski definition) is 7. The summed E-state index contributed by atoms with van der Waals surface area (Å²) in [6.45, 7) is 2.53. The molecule has 26 heavy (non-hydrogen) atoms. The van der Waals surface area contributed by atoms with Crippen molar-refractivity contribution in [3.05, 3.63) is 53.6 Å². The Morgan fingerprint density at radius 2 is 2.04 bits per heavy atom. The van der Waals surface area contributed by atoms with Gasteiger partial charge in [0.25, 0.3) is 5.91 Å². The molecule has 4 rings (SSSR count). The summed E-state index contributed by atoms with van der Waals surface area (Å²) >= 11 is 0. The fourth-order valence-electron chi connectivity index (χ4n) is 3.30. The Kier molecular flexibility index (Phi) is 4.08. The highest BCUT2D eigenvalue weighted by atomic mass is 16.6. The second kappa shape index (κ2) is 6.55. The standard InChI is InChI=1S/C18H18N6O2/c1-11-17(23-26-22-11)15-3-2-8-24(15)18(25)13-6-4-12(5-7-13)14-9-20-10-16(19)21-14/h4-7,9-10,15H,2-3,8H2,1H3,(H2,19,21). The molecule has 1 aromatic carbocycles. The normalized spacial score (nSPS) is 16.8. The van der Waals surface area contributed by atoms with Crippen LogP contribution in [0.4, 0.5) is 5.82 Å². The summed E-state index contributed by atoms with van der Waals surface area (Å²) in [6, 6.07) is 7.21. The highest BCUT2D eigenvalue weighted by Gasteiger charge is 2.34. The number of rotatable bonds is 3. The molecule has 8 heteroatoms. The van der Waals surface area contributed by atoms with Gasteiger partial charge in [0.2, 0.25) is 0 Å². The van der Waals surface area contributed by atoms with Crippen molar-refractivity contribution in [3.8, 4) is 11.3 Å². The van der Waals surface area contributed by atoms with Crippen LogP contribution < -0.4 is 5.73 Å². The van der Waals surface area contributed by atoms with Crippen molar-refractivity contribution in [2.45, 2.75) is 25.8 Å². The number of amides is 1. The molecular weight excluding hydrogens is 332 g/mol. The van der Waals surface area contributed by atoms with Gasteiger partial charge in [-0.3, -0.25) is 9.78 Å². The Bertz CT molecular complexity index is 937. The lowest BCUT2D eigenvalue weighted by molar-refractivity contribution is 0.0730. The van der Waals surface area contributed by atoms with Crippen LogP contribution in [-0.4, -0.2) is 37.6 Å². The average Bonchev–Trinajstić information content (AvgIpc) is 3.29. The van der Waals surface area contributed by atoms with Gasteiger partial charge >= 0.3 is 0 Å². The van der Waals surface area contributed by atoms with E-state index in [0.717, 1.165) is 29.8 Å². The van der Waals surface area contributed by atoms with Gasteiger partial charge in [0.15, 0.2) is 0 Å². The van der Waals surface area contributed by atoms with E-state index in [0.29, 0.717) is 23.6 Å². The number of anilines is 1. The number of nitrogens with two attached hydrogens (primary N) is 1. The molecular formula is C18H18N6O2. The Balaban J connectivity index is 1.57. The molecule has 1 aliphatic heterocycles. The molecule has 1 amide bonds. The van der Waals surface area contributed by atoms with Gasteiger partial charge in [-0.1, -0.05) is 22.4 Å². The van der Waals surface area contributed by atoms with Crippen molar-refractivity contribution in [3.63, 3.8) is 0 Å². The number of carbonyl (C=O) groups is 1. The zero-order chi connectivity index (χ0) is 18.1. The first kappa shape index (κ1) is 16.2.